The van der Waals surface area contributed by atoms with Gasteiger partial charge in [-0.15, -0.1) is 0 Å². The van der Waals surface area contributed by atoms with Gasteiger partial charge in [-0.2, -0.15) is 0 Å². The number of carbonyl (C=O) groups excluding carboxylic acids is 1. The second kappa shape index (κ2) is 15.1. The molecule has 0 saturated carbocycles. The van der Waals surface area contributed by atoms with Crippen LogP contribution in [0.2, 0.25) is 0 Å². The summed E-state index contributed by atoms with van der Waals surface area (Å²) in [5, 5.41) is 0. The number of unbranched alkanes of at least 4 members (excludes halogenated alkanes) is 5. The lowest BCUT2D eigenvalue weighted by atomic mass is 10.00. The Hall–Kier alpha value is -3.11. The monoisotopic (exact) mass is 488 g/mol. The van der Waals surface area contributed by atoms with Crippen LogP contribution in [-0.4, -0.2) is 25.3 Å². The Balaban J connectivity index is 1.47. The third-order valence-electron chi connectivity index (χ3n) is 6.20. The van der Waals surface area contributed by atoms with Gasteiger partial charge in [0.15, 0.2) is 0 Å². The molecule has 0 radical (unpaired) electrons. The van der Waals surface area contributed by atoms with Crippen LogP contribution < -0.4 is 9.47 Å². The highest BCUT2D eigenvalue weighted by atomic mass is 16.5. The lowest BCUT2D eigenvalue weighted by Gasteiger charge is -2.13. The first-order valence-electron chi connectivity index (χ1n) is 13.3. The summed E-state index contributed by atoms with van der Waals surface area (Å²) in [7, 11) is 0. The van der Waals surface area contributed by atoms with E-state index in [1.165, 1.54) is 44.1 Å². The first-order chi connectivity index (χ1) is 17.6. The van der Waals surface area contributed by atoms with Gasteiger partial charge in [0, 0.05) is 6.61 Å². The molecule has 0 saturated heterocycles. The largest absolute Gasteiger partial charge is 0.491 e. The molecule has 0 unspecified atom stereocenters. The fraction of sp³-hybridized carbons (Fsp3) is 0.406. The van der Waals surface area contributed by atoms with E-state index in [1.807, 2.05) is 38.1 Å². The van der Waals surface area contributed by atoms with E-state index in [2.05, 4.69) is 31.2 Å². The van der Waals surface area contributed by atoms with Gasteiger partial charge in [-0.1, -0.05) is 75.4 Å². The molecular formula is C32H40O4. The summed E-state index contributed by atoms with van der Waals surface area (Å²) in [5.41, 5.74) is 4.13. The Labute approximate surface area is 216 Å². The number of esters is 1. The Morgan fingerprint density at radius 1 is 0.722 bits per heavy atom. The maximum atomic E-state index is 12.6. The smallest absolute Gasteiger partial charge is 0.343 e. The molecule has 3 aromatic rings. The van der Waals surface area contributed by atoms with E-state index in [9.17, 15) is 4.79 Å². The molecule has 36 heavy (non-hydrogen) atoms. The average Bonchev–Trinajstić information content (AvgIpc) is 2.91. The lowest BCUT2D eigenvalue weighted by molar-refractivity contribution is 0.0402. The van der Waals surface area contributed by atoms with Crippen LogP contribution in [0.25, 0.3) is 11.1 Å². The lowest BCUT2D eigenvalue weighted by Crippen LogP contribution is -2.17. The van der Waals surface area contributed by atoms with Crippen molar-refractivity contribution in [2.45, 2.75) is 71.8 Å². The Morgan fingerprint density at radius 3 is 1.94 bits per heavy atom. The normalized spacial score (nSPS) is 11.8. The molecular weight excluding hydrogens is 448 g/mol. The van der Waals surface area contributed by atoms with E-state index in [0.717, 1.165) is 17.5 Å². The van der Waals surface area contributed by atoms with Gasteiger partial charge in [0.1, 0.15) is 18.1 Å². The molecule has 0 aliphatic carbocycles. The fourth-order valence-electron chi connectivity index (χ4n) is 4.09. The van der Waals surface area contributed by atoms with E-state index in [1.54, 1.807) is 24.3 Å². The molecule has 0 aromatic heterocycles. The minimum absolute atomic E-state index is 0.0264. The van der Waals surface area contributed by atoms with Crippen LogP contribution in [0, 0.1) is 0 Å². The predicted octanol–water partition coefficient (Wildman–Crippen LogP) is 8.28. The van der Waals surface area contributed by atoms with Crippen LogP contribution >= 0.6 is 0 Å². The third-order valence-corrected chi connectivity index (χ3v) is 6.20. The first kappa shape index (κ1) is 27.5. The summed E-state index contributed by atoms with van der Waals surface area (Å²) in [6.45, 7) is 7.32. The predicted molar refractivity (Wildman–Crippen MR) is 147 cm³/mol. The minimum atomic E-state index is -0.380. The van der Waals surface area contributed by atoms with E-state index in [4.69, 9.17) is 14.2 Å². The third kappa shape index (κ3) is 9.16. The van der Waals surface area contributed by atoms with Crippen LogP contribution in [0.3, 0.4) is 0 Å². The standard InChI is InChI=1S/C32H40O4/c1-4-6-7-8-9-10-11-26-12-14-27(15-13-26)28-16-18-29(19-17-28)32(33)36-31-22-20-30(21-23-31)35-24-25(3)34-5-2/h12-23,25H,4-11,24H2,1-3H3/t25-/m0/s1. The number of rotatable bonds is 15. The Kier molecular flexibility index (Phi) is 11.5. The highest BCUT2D eigenvalue weighted by Crippen LogP contribution is 2.23. The molecule has 0 aliphatic rings. The van der Waals surface area contributed by atoms with Gasteiger partial charge in [0.05, 0.1) is 11.7 Å². The van der Waals surface area contributed by atoms with Crippen LogP contribution in [0.15, 0.2) is 72.8 Å². The molecule has 0 amide bonds. The molecule has 0 spiro atoms. The Morgan fingerprint density at radius 2 is 1.31 bits per heavy atom. The van der Waals surface area contributed by atoms with Crippen LogP contribution in [0.1, 0.15) is 75.2 Å². The van der Waals surface area contributed by atoms with Crippen molar-refractivity contribution < 1.29 is 19.0 Å². The number of carbonyl (C=O) groups is 1. The van der Waals surface area contributed by atoms with Crippen molar-refractivity contribution in [3.05, 3.63) is 83.9 Å². The number of hydrogen-bond acceptors (Lipinski definition) is 4. The maximum Gasteiger partial charge on any atom is 0.343 e. The van der Waals surface area contributed by atoms with Crippen LogP contribution in [0.5, 0.6) is 11.5 Å². The van der Waals surface area contributed by atoms with Gasteiger partial charge in [0.25, 0.3) is 0 Å². The second-order valence-corrected chi connectivity index (χ2v) is 9.23. The van der Waals surface area contributed by atoms with E-state index >= 15 is 0 Å². The highest BCUT2D eigenvalue weighted by Gasteiger charge is 2.10. The van der Waals surface area contributed by atoms with Crippen molar-refractivity contribution in [2.24, 2.45) is 0 Å². The summed E-state index contributed by atoms with van der Waals surface area (Å²) in [6.07, 6.45) is 9.07. The van der Waals surface area contributed by atoms with Gasteiger partial charge in [-0.3, -0.25) is 0 Å². The molecule has 0 bridgehead atoms. The molecule has 0 fully saturated rings. The zero-order chi connectivity index (χ0) is 25.6. The Bertz CT molecular complexity index is 1020. The van der Waals surface area contributed by atoms with Gasteiger partial charge in [0.2, 0.25) is 0 Å². The summed E-state index contributed by atoms with van der Waals surface area (Å²) in [4.78, 5) is 12.6. The van der Waals surface area contributed by atoms with Gasteiger partial charge >= 0.3 is 5.97 Å². The van der Waals surface area contributed by atoms with E-state index in [0.29, 0.717) is 30.3 Å². The average molecular weight is 489 g/mol. The van der Waals surface area contributed by atoms with Crippen LogP contribution in [-0.2, 0) is 11.2 Å². The zero-order valence-corrected chi connectivity index (χ0v) is 22.0. The molecule has 3 rings (SSSR count). The zero-order valence-electron chi connectivity index (χ0n) is 22.0. The topological polar surface area (TPSA) is 44.8 Å². The summed E-state index contributed by atoms with van der Waals surface area (Å²) in [5.74, 6) is 0.813. The molecule has 4 nitrogen and oxygen atoms in total. The minimum Gasteiger partial charge on any atom is -0.491 e. The second-order valence-electron chi connectivity index (χ2n) is 9.23. The van der Waals surface area contributed by atoms with Crippen molar-refractivity contribution >= 4 is 5.97 Å². The SMILES string of the molecule is CCCCCCCCc1ccc(-c2ccc(C(=O)Oc3ccc(OC[C@H](C)OCC)cc3)cc2)cc1. The van der Waals surface area contributed by atoms with Gasteiger partial charge < -0.3 is 14.2 Å². The molecule has 192 valence electrons. The van der Waals surface area contributed by atoms with Crippen molar-refractivity contribution in [3.8, 4) is 22.6 Å². The highest BCUT2D eigenvalue weighted by molar-refractivity contribution is 5.91. The fourth-order valence-corrected chi connectivity index (χ4v) is 4.09. The summed E-state index contributed by atoms with van der Waals surface area (Å²) in [6, 6.07) is 23.4. The van der Waals surface area contributed by atoms with Crippen LogP contribution in [0.4, 0.5) is 0 Å². The quantitative estimate of drug-likeness (QED) is 0.123. The molecule has 0 heterocycles. The van der Waals surface area contributed by atoms with E-state index in [-0.39, 0.29) is 12.1 Å². The number of ether oxygens (including phenoxy) is 3. The maximum absolute atomic E-state index is 12.6. The number of hydrogen-bond donors (Lipinski definition) is 0. The van der Waals surface area contributed by atoms with E-state index < -0.39 is 0 Å². The van der Waals surface area contributed by atoms with Crippen molar-refractivity contribution in [2.75, 3.05) is 13.2 Å². The van der Waals surface area contributed by atoms with Crippen molar-refractivity contribution in [3.63, 3.8) is 0 Å². The van der Waals surface area contributed by atoms with Gasteiger partial charge in [-0.05, 0) is 79.8 Å². The number of benzene rings is 3. The molecule has 4 heteroatoms. The van der Waals surface area contributed by atoms with Crippen molar-refractivity contribution in [1.82, 2.24) is 0 Å². The molecule has 0 aliphatic heterocycles. The van der Waals surface area contributed by atoms with Gasteiger partial charge in [-0.25, -0.2) is 4.79 Å². The summed E-state index contributed by atoms with van der Waals surface area (Å²) < 4.78 is 16.7. The number of aryl methyl sites for hydroxylation is 1. The van der Waals surface area contributed by atoms with Crippen molar-refractivity contribution in [1.29, 1.82) is 0 Å². The first-order valence-corrected chi connectivity index (χ1v) is 13.3. The summed E-state index contributed by atoms with van der Waals surface area (Å²) >= 11 is 0. The molecule has 0 N–H and O–H groups in total. The molecule has 1 atom stereocenters. The molecule has 3 aromatic carbocycles.